The molecular weight excluding hydrogens is 166 g/mol. The van der Waals surface area contributed by atoms with Gasteiger partial charge in [-0.1, -0.05) is 11.6 Å². The van der Waals surface area contributed by atoms with Crippen LogP contribution in [0.2, 0.25) is 5.02 Å². The Balaban J connectivity index is 2.91. The number of fused-ring (bicyclic) bond motifs is 1. The molecule has 0 aromatic carbocycles. The van der Waals surface area contributed by atoms with Crippen molar-refractivity contribution in [1.82, 2.24) is 20.4 Å². The van der Waals surface area contributed by atoms with Crippen LogP contribution in [0.5, 0.6) is 0 Å². The second-order valence-electron chi connectivity index (χ2n) is 2.02. The van der Waals surface area contributed by atoms with Gasteiger partial charge in [-0.15, -0.1) is 5.10 Å². The second kappa shape index (κ2) is 2.06. The van der Waals surface area contributed by atoms with Crippen molar-refractivity contribution in [3.63, 3.8) is 0 Å². The molecule has 0 saturated carbocycles. The first-order chi connectivity index (χ1) is 5.27. The van der Waals surface area contributed by atoms with Crippen molar-refractivity contribution in [3.8, 4) is 0 Å². The molecule has 3 N–H and O–H groups in total. The summed E-state index contributed by atoms with van der Waals surface area (Å²) in [5.41, 5.74) is 6.39. The van der Waals surface area contributed by atoms with E-state index in [9.17, 15) is 0 Å². The molecule has 0 aliphatic rings. The quantitative estimate of drug-likeness (QED) is 0.605. The van der Waals surface area contributed by atoms with E-state index in [0.29, 0.717) is 22.0 Å². The molecule has 0 unspecified atom stereocenters. The highest BCUT2D eigenvalue weighted by molar-refractivity contribution is 6.34. The highest BCUT2D eigenvalue weighted by Crippen LogP contribution is 2.19. The zero-order valence-corrected chi connectivity index (χ0v) is 6.13. The molecule has 2 aromatic heterocycles. The minimum atomic E-state index is 0.344. The van der Waals surface area contributed by atoms with Crippen LogP contribution in [-0.2, 0) is 0 Å². The van der Waals surface area contributed by atoms with E-state index in [-0.39, 0.29) is 0 Å². The molecule has 11 heavy (non-hydrogen) atoms. The number of H-pyrrole nitrogens is 1. The molecule has 0 aliphatic heterocycles. The van der Waals surface area contributed by atoms with Gasteiger partial charge in [-0.05, 0) is 0 Å². The number of nitrogen functional groups attached to an aromatic ring is 1. The van der Waals surface area contributed by atoms with Crippen molar-refractivity contribution in [2.75, 3.05) is 5.73 Å². The topological polar surface area (TPSA) is 80.5 Å². The molecule has 0 amide bonds. The van der Waals surface area contributed by atoms with Gasteiger partial charge in [-0.3, -0.25) is 0 Å². The summed E-state index contributed by atoms with van der Waals surface area (Å²) in [4.78, 5) is 3.88. The minimum absolute atomic E-state index is 0.344. The molecular formula is C5H4ClN5. The van der Waals surface area contributed by atoms with Crippen molar-refractivity contribution < 1.29 is 0 Å². The van der Waals surface area contributed by atoms with E-state index in [1.807, 2.05) is 0 Å². The number of nitrogens with two attached hydrogens (primary N) is 1. The standard InChI is InChI=1S/C5H4ClN5/c6-2-1-3(7)8-5-4(2)9-11-10-5/h1H,(H3,7,8,9,10,11). The third-order valence-electron chi connectivity index (χ3n) is 1.27. The van der Waals surface area contributed by atoms with Crippen molar-refractivity contribution >= 4 is 28.6 Å². The van der Waals surface area contributed by atoms with E-state index in [4.69, 9.17) is 17.3 Å². The van der Waals surface area contributed by atoms with Gasteiger partial charge in [0.05, 0.1) is 5.02 Å². The first-order valence-corrected chi connectivity index (χ1v) is 3.27. The average Bonchev–Trinajstić information content (AvgIpc) is 2.34. The Morgan fingerprint density at radius 2 is 2.27 bits per heavy atom. The van der Waals surface area contributed by atoms with Gasteiger partial charge in [0, 0.05) is 6.07 Å². The van der Waals surface area contributed by atoms with Crippen molar-refractivity contribution in [2.24, 2.45) is 0 Å². The molecule has 0 bridgehead atoms. The first kappa shape index (κ1) is 6.36. The lowest BCUT2D eigenvalue weighted by Gasteiger charge is -1.91. The van der Waals surface area contributed by atoms with Crippen LogP contribution in [-0.4, -0.2) is 20.4 Å². The Labute approximate surface area is 66.6 Å². The van der Waals surface area contributed by atoms with Crippen LogP contribution in [0.1, 0.15) is 0 Å². The van der Waals surface area contributed by atoms with Gasteiger partial charge >= 0.3 is 0 Å². The molecule has 2 rings (SSSR count). The summed E-state index contributed by atoms with van der Waals surface area (Å²) in [6, 6.07) is 1.53. The van der Waals surface area contributed by atoms with E-state index >= 15 is 0 Å². The van der Waals surface area contributed by atoms with Gasteiger partial charge in [-0.25, -0.2) is 4.98 Å². The second-order valence-corrected chi connectivity index (χ2v) is 2.43. The Hall–Kier alpha value is -1.36. The molecule has 56 valence electrons. The lowest BCUT2D eigenvalue weighted by Crippen LogP contribution is -1.89. The van der Waals surface area contributed by atoms with Crippen LogP contribution >= 0.6 is 11.6 Å². The number of nitrogens with one attached hydrogen (secondary N) is 1. The van der Waals surface area contributed by atoms with Gasteiger partial charge in [0.25, 0.3) is 0 Å². The fraction of sp³-hybridized carbons (Fsp3) is 0. The van der Waals surface area contributed by atoms with Gasteiger partial charge in [-0.2, -0.15) is 10.3 Å². The summed E-state index contributed by atoms with van der Waals surface area (Å²) in [6.07, 6.45) is 0. The van der Waals surface area contributed by atoms with E-state index in [0.717, 1.165) is 0 Å². The number of halogens is 1. The third-order valence-corrected chi connectivity index (χ3v) is 1.55. The molecule has 0 aliphatic carbocycles. The number of nitrogens with zero attached hydrogens (tertiary/aromatic N) is 3. The fourth-order valence-corrected chi connectivity index (χ4v) is 1.05. The average molecular weight is 170 g/mol. The summed E-state index contributed by atoms with van der Waals surface area (Å²) in [6.45, 7) is 0. The number of hydrogen-bond donors (Lipinski definition) is 2. The number of rotatable bonds is 0. The smallest absolute Gasteiger partial charge is 0.205 e. The summed E-state index contributed by atoms with van der Waals surface area (Å²) in [7, 11) is 0. The Bertz CT molecular complexity index is 395. The zero-order valence-electron chi connectivity index (χ0n) is 5.37. The lowest BCUT2D eigenvalue weighted by atomic mass is 10.4. The number of hydrogen-bond acceptors (Lipinski definition) is 4. The van der Waals surface area contributed by atoms with Crippen molar-refractivity contribution in [3.05, 3.63) is 11.1 Å². The summed E-state index contributed by atoms with van der Waals surface area (Å²) >= 11 is 5.76. The molecule has 0 fully saturated rings. The number of pyridine rings is 1. The van der Waals surface area contributed by atoms with Gasteiger partial charge in [0.2, 0.25) is 5.65 Å². The summed E-state index contributed by atoms with van der Waals surface area (Å²) < 4.78 is 0. The maximum Gasteiger partial charge on any atom is 0.205 e. The predicted molar refractivity (Wildman–Crippen MR) is 41.1 cm³/mol. The molecule has 0 saturated heterocycles. The molecule has 5 nitrogen and oxygen atoms in total. The highest BCUT2D eigenvalue weighted by atomic mass is 35.5. The molecule has 0 atom stereocenters. The van der Waals surface area contributed by atoms with Crippen molar-refractivity contribution in [2.45, 2.75) is 0 Å². The van der Waals surface area contributed by atoms with Gasteiger partial charge in [0.15, 0.2) is 5.52 Å². The largest absolute Gasteiger partial charge is 0.384 e. The minimum Gasteiger partial charge on any atom is -0.384 e. The number of aromatic amines is 1. The third kappa shape index (κ3) is 0.894. The SMILES string of the molecule is Nc1cc(Cl)c2n[nH]nc2n1. The van der Waals surface area contributed by atoms with Crippen LogP contribution in [0.3, 0.4) is 0 Å². The predicted octanol–water partition coefficient (Wildman–Crippen LogP) is 0.589. The highest BCUT2D eigenvalue weighted by Gasteiger charge is 2.04. The number of aromatic nitrogens is 4. The molecule has 0 radical (unpaired) electrons. The van der Waals surface area contributed by atoms with E-state index in [1.54, 1.807) is 0 Å². The van der Waals surface area contributed by atoms with E-state index in [1.165, 1.54) is 6.07 Å². The molecule has 6 heteroatoms. The monoisotopic (exact) mass is 169 g/mol. The fourth-order valence-electron chi connectivity index (χ4n) is 0.816. The molecule has 2 heterocycles. The van der Waals surface area contributed by atoms with Crippen LogP contribution in [0, 0.1) is 0 Å². The van der Waals surface area contributed by atoms with Gasteiger partial charge in [0.1, 0.15) is 5.82 Å². The Morgan fingerprint density at radius 1 is 1.45 bits per heavy atom. The molecule has 0 spiro atoms. The number of anilines is 1. The zero-order chi connectivity index (χ0) is 7.84. The van der Waals surface area contributed by atoms with Crippen LogP contribution in [0.4, 0.5) is 5.82 Å². The van der Waals surface area contributed by atoms with Crippen LogP contribution < -0.4 is 5.73 Å². The van der Waals surface area contributed by atoms with E-state index < -0.39 is 0 Å². The summed E-state index contributed by atoms with van der Waals surface area (Å²) in [5.74, 6) is 0.344. The Kier molecular flexibility index (Phi) is 1.19. The van der Waals surface area contributed by atoms with Crippen molar-refractivity contribution in [1.29, 1.82) is 0 Å². The van der Waals surface area contributed by atoms with Crippen LogP contribution in [0.25, 0.3) is 11.2 Å². The maximum absolute atomic E-state index is 5.76. The summed E-state index contributed by atoms with van der Waals surface area (Å²) in [5, 5.41) is 10.4. The Morgan fingerprint density at radius 3 is 3.09 bits per heavy atom. The normalized spacial score (nSPS) is 10.6. The maximum atomic E-state index is 5.76. The first-order valence-electron chi connectivity index (χ1n) is 2.90. The van der Waals surface area contributed by atoms with E-state index in [2.05, 4.69) is 20.4 Å². The lowest BCUT2D eigenvalue weighted by molar-refractivity contribution is 0.955. The molecule has 2 aromatic rings. The van der Waals surface area contributed by atoms with Gasteiger partial charge < -0.3 is 5.73 Å². The van der Waals surface area contributed by atoms with Crippen LogP contribution in [0.15, 0.2) is 6.07 Å².